The largest absolute Gasteiger partial charge is 0.508 e. The first-order chi connectivity index (χ1) is 8.45. The third kappa shape index (κ3) is 2.34. The molecule has 1 aliphatic rings. The Morgan fingerprint density at radius 3 is 2.72 bits per heavy atom. The van der Waals surface area contributed by atoms with Gasteiger partial charge in [-0.3, -0.25) is 4.79 Å². The van der Waals surface area contributed by atoms with Gasteiger partial charge in [-0.25, -0.2) is 0 Å². The minimum absolute atomic E-state index is 0.00437. The standard InChI is InChI=1S/C14H20N2O2/c1-3-6-14(15)8-16(9-14)13(18)11-4-5-12(17)10(2)7-11/h4-5,7,17H,3,6,8-9,15H2,1-2H3. The maximum atomic E-state index is 12.2. The van der Waals surface area contributed by atoms with Gasteiger partial charge in [0, 0.05) is 18.7 Å². The number of carbonyl (C=O) groups is 1. The van der Waals surface area contributed by atoms with Crippen molar-refractivity contribution in [1.82, 2.24) is 4.90 Å². The molecule has 2 rings (SSSR count). The number of carbonyl (C=O) groups excluding carboxylic acids is 1. The van der Waals surface area contributed by atoms with E-state index in [2.05, 4.69) is 6.92 Å². The molecule has 1 fully saturated rings. The van der Waals surface area contributed by atoms with Gasteiger partial charge in [0.15, 0.2) is 0 Å². The summed E-state index contributed by atoms with van der Waals surface area (Å²) in [7, 11) is 0. The minimum Gasteiger partial charge on any atom is -0.508 e. The Morgan fingerprint density at radius 1 is 1.50 bits per heavy atom. The number of aryl methyl sites for hydroxylation is 1. The molecule has 0 aliphatic carbocycles. The lowest BCUT2D eigenvalue weighted by Crippen LogP contribution is -2.68. The highest BCUT2D eigenvalue weighted by molar-refractivity contribution is 5.95. The summed E-state index contributed by atoms with van der Waals surface area (Å²) in [5.74, 6) is 0.213. The van der Waals surface area contributed by atoms with Gasteiger partial charge in [-0.15, -0.1) is 0 Å². The highest BCUT2D eigenvalue weighted by Crippen LogP contribution is 2.26. The van der Waals surface area contributed by atoms with Crippen LogP contribution in [0, 0.1) is 6.92 Å². The second-order valence-electron chi connectivity index (χ2n) is 5.27. The molecule has 1 saturated heterocycles. The van der Waals surface area contributed by atoms with E-state index in [0.29, 0.717) is 24.2 Å². The second kappa shape index (κ2) is 4.61. The molecule has 0 atom stereocenters. The Balaban J connectivity index is 2.03. The first-order valence-corrected chi connectivity index (χ1v) is 6.33. The number of amides is 1. The van der Waals surface area contributed by atoms with Crippen LogP contribution in [0.4, 0.5) is 0 Å². The van der Waals surface area contributed by atoms with E-state index in [1.165, 1.54) is 0 Å². The summed E-state index contributed by atoms with van der Waals surface area (Å²) in [5.41, 5.74) is 7.27. The summed E-state index contributed by atoms with van der Waals surface area (Å²) in [6.45, 7) is 5.13. The van der Waals surface area contributed by atoms with Crippen molar-refractivity contribution in [3.05, 3.63) is 29.3 Å². The van der Waals surface area contributed by atoms with Gasteiger partial charge < -0.3 is 15.7 Å². The number of phenols is 1. The van der Waals surface area contributed by atoms with Crippen molar-refractivity contribution in [2.75, 3.05) is 13.1 Å². The number of aromatic hydroxyl groups is 1. The van der Waals surface area contributed by atoms with Crippen molar-refractivity contribution < 1.29 is 9.90 Å². The van der Waals surface area contributed by atoms with Crippen LogP contribution in [0.1, 0.15) is 35.7 Å². The van der Waals surface area contributed by atoms with Gasteiger partial charge >= 0.3 is 0 Å². The van der Waals surface area contributed by atoms with Crippen LogP contribution in [0.3, 0.4) is 0 Å². The fourth-order valence-corrected chi connectivity index (χ4v) is 2.48. The molecule has 4 nitrogen and oxygen atoms in total. The van der Waals surface area contributed by atoms with Crippen LogP contribution < -0.4 is 5.73 Å². The predicted molar refractivity (Wildman–Crippen MR) is 70.6 cm³/mol. The van der Waals surface area contributed by atoms with E-state index < -0.39 is 0 Å². The molecule has 3 N–H and O–H groups in total. The van der Waals surface area contributed by atoms with E-state index in [9.17, 15) is 9.90 Å². The van der Waals surface area contributed by atoms with Gasteiger partial charge in [-0.2, -0.15) is 0 Å². The van der Waals surface area contributed by atoms with Gasteiger partial charge in [-0.05, 0) is 37.1 Å². The number of hydrogen-bond acceptors (Lipinski definition) is 3. The SMILES string of the molecule is CCCC1(N)CN(C(=O)c2ccc(O)c(C)c2)C1. The average Bonchev–Trinajstić information content (AvgIpc) is 2.29. The normalized spacial score (nSPS) is 17.4. The summed E-state index contributed by atoms with van der Waals surface area (Å²) < 4.78 is 0. The fourth-order valence-electron chi connectivity index (χ4n) is 2.48. The lowest BCUT2D eigenvalue weighted by Gasteiger charge is -2.47. The molecule has 0 spiro atoms. The van der Waals surface area contributed by atoms with Crippen LogP contribution in [0.5, 0.6) is 5.75 Å². The number of likely N-dealkylation sites (tertiary alicyclic amines) is 1. The molecule has 0 aromatic heterocycles. The molecule has 1 aromatic rings. The zero-order chi connectivity index (χ0) is 13.3. The predicted octanol–water partition coefficient (Wildman–Crippen LogP) is 1.65. The lowest BCUT2D eigenvalue weighted by atomic mass is 9.86. The molecule has 1 aliphatic heterocycles. The first-order valence-electron chi connectivity index (χ1n) is 6.33. The molecule has 18 heavy (non-hydrogen) atoms. The molecule has 0 saturated carbocycles. The molecular weight excluding hydrogens is 228 g/mol. The number of phenolic OH excluding ortho intramolecular Hbond substituents is 1. The lowest BCUT2D eigenvalue weighted by molar-refractivity contribution is 0.0386. The monoisotopic (exact) mass is 248 g/mol. The summed E-state index contributed by atoms with van der Waals surface area (Å²) in [5, 5.41) is 9.44. The van der Waals surface area contributed by atoms with Crippen LogP contribution in [-0.2, 0) is 0 Å². The Kier molecular flexibility index (Phi) is 3.30. The maximum absolute atomic E-state index is 12.2. The molecule has 1 amide bonds. The zero-order valence-electron chi connectivity index (χ0n) is 10.9. The molecule has 0 radical (unpaired) electrons. The Labute approximate surface area is 107 Å². The van der Waals surface area contributed by atoms with Crippen LogP contribution in [0.15, 0.2) is 18.2 Å². The Bertz CT molecular complexity index is 465. The molecule has 0 bridgehead atoms. The van der Waals surface area contributed by atoms with Crippen LogP contribution in [0.25, 0.3) is 0 Å². The van der Waals surface area contributed by atoms with Crippen molar-refractivity contribution in [1.29, 1.82) is 0 Å². The number of nitrogens with two attached hydrogens (primary N) is 1. The summed E-state index contributed by atoms with van der Waals surface area (Å²) in [4.78, 5) is 13.9. The minimum atomic E-state index is -0.198. The van der Waals surface area contributed by atoms with Gasteiger partial charge in [-0.1, -0.05) is 13.3 Å². The fraction of sp³-hybridized carbons (Fsp3) is 0.500. The molecule has 4 heteroatoms. The second-order valence-corrected chi connectivity index (χ2v) is 5.27. The van der Waals surface area contributed by atoms with E-state index >= 15 is 0 Å². The zero-order valence-corrected chi connectivity index (χ0v) is 10.9. The Hall–Kier alpha value is -1.55. The van der Waals surface area contributed by atoms with E-state index in [0.717, 1.165) is 12.8 Å². The van der Waals surface area contributed by atoms with Crippen LogP contribution in [-0.4, -0.2) is 34.5 Å². The number of benzene rings is 1. The summed E-state index contributed by atoms with van der Waals surface area (Å²) in [6, 6.07) is 4.93. The quantitative estimate of drug-likeness (QED) is 0.854. The summed E-state index contributed by atoms with van der Waals surface area (Å²) >= 11 is 0. The van der Waals surface area contributed by atoms with Gasteiger partial charge in [0.2, 0.25) is 0 Å². The summed E-state index contributed by atoms with van der Waals surface area (Å²) in [6.07, 6.45) is 1.99. The van der Waals surface area contributed by atoms with Crippen molar-refractivity contribution in [3.63, 3.8) is 0 Å². The maximum Gasteiger partial charge on any atom is 0.253 e. The van der Waals surface area contributed by atoms with Crippen molar-refractivity contribution >= 4 is 5.91 Å². The smallest absolute Gasteiger partial charge is 0.253 e. The topological polar surface area (TPSA) is 66.6 Å². The van der Waals surface area contributed by atoms with Crippen molar-refractivity contribution in [2.45, 2.75) is 32.2 Å². The van der Waals surface area contributed by atoms with E-state index in [1.807, 2.05) is 0 Å². The van der Waals surface area contributed by atoms with Crippen LogP contribution >= 0.6 is 0 Å². The molecule has 0 unspecified atom stereocenters. The van der Waals surface area contributed by atoms with E-state index in [1.54, 1.807) is 30.0 Å². The van der Waals surface area contributed by atoms with Gasteiger partial charge in [0.1, 0.15) is 5.75 Å². The van der Waals surface area contributed by atoms with Crippen molar-refractivity contribution in [2.24, 2.45) is 5.73 Å². The molecule has 1 aromatic carbocycles. The van der Waals surface area contributed by atoms with Gasteiger partial charge in [0.25, 0.3) is 5.91 Å². The van der Waals surface area contributed by atoms with Crippen LogP contribution in [0.2, 0.25) is 0 Å². The highest BCUT2D eigenvalue weighted by atomic mass is 16.3. The highest BCUT2D eigenvalue weighted by Gasteiger charge is 2.41. The first kappa shape index (κ1) is 12.9. The van der Waals surface area contributed by atoms with Crippen molar-refractivity contribution in [3.8, 4) is 5.75 Å². The third-order valence-corrected chi connectivity index (χ3v) is 3.49. The third-order valence-electron chi connectivity index (χ3n) is 3.49. The number of rotatable bonds is 3. The van der Waals surface area contributed by atoms with Gasteiger partial charge in [0.05, 0.1) is 5.54 Å². The molecule has 1 heterocycles. The Morgan fingerprint density at radius 2 is 2.17 bits per heavy atom. The number of hydrogen-bond donors (Lipinski definition) is 2. The number of nitrogens with zero attached hydrogens (tertiary/aromatic N) is 1. The molecule has 98 valence electrons. The average molecular weight is 248 g/mol. The van der Waals surface area contributed by atoms with E-state index in [4.69, 9.17) is 5.73 Å². The van der Waals surface area contributed by atoms with E-state index in [-0.39, 0.29) is 17.2 Å². The molecular formula is C14H20N2O2.